The number of nitrogens with zero attached hydrogens (tertiary/aromatic N) is 2. The fourth-order valence-electron chi connectivity index (χ4n) is 5.35. The minimum Gasteiger partial charge on any atom is -0.354 e. The third kappa shape index (κ3) is 8.85. The van der Waals surface area contributed by atoms with E-state index in [9.17, 15) is 18.0 Å². The van der Waals surface area contributed by atoms with Crippen molar-refractivity contribution in [3.8, 4) is 0 Å². The average Bonchev–Trinajstić information content (AvgIpc) is 3.06. The summed E-state index contributed by atoms with van der Waals surface area (Å²) in [6.07, 6.45) is 2.59. The number of carbonyl (C=O) groups excluding carboxylic acids is 2. The van der Waals surface area contributed by atoms with E-state index in [2.05, 4.69) is 12.2 Å². The van der Waals surface area contributed by atoms with E-state index in [4.69, 9.17) is 0 Å². The van der Waals surface area contributed by atoms with Gasteiger partial charge in [0.25, 0.3) is 10.0 Å². The van der Waals surface area contributed by atoms with Gasteiger partial charge in [-0.15, -0.1) is 0 Å². The van der Waals surface area contributed by atoms with Crippen LogP contribution in [0.2, 0.25) is 0 Å². The largest absolute Gasteiger partial charge is 0.354 e. The van der Waals surface area contributed by atoms with Gasteiger partial charge >= 0.3 is 0 Å². The van der Waals surface area contributed by atoms with Gasteiger partial charge in [-0.25, -0.2) is 8.42 Å². The summed E-state index contributed by atoms with van der Waals surface area (Å²) in [6.45, 7) is 8.06. The standard InChI is InChI=1S/C38H45N3O4S/c1-5-7-25-39-38(43)36(26-31-13-9-8-10-14-31)40(27-32-21-17-29(3)18-22-32)37(42)28-41(35-16-12-11-15-33(35)6-2)46(44,45)34-23-19-30(4)20-24-34/h8-24,36H,5-7,25-28H2,1-4H3,(H,39,43)/t36-/m1/s1. The molecule has 0 heterocycles. The molecule has 0 aromatic heterocycles. The number of nitrogens with one attached hydrogen (secondary N) is 1. The number of amides is 2. The van der Waals surface area contributed by atoms with Crippen LogP contribution in [0, 0.1) is 13.8 Å². The molecule has 0 aliphatic carbocycles. The first-order valence-corrected chi connectivity index (χ1v) is 17.4. The Bertz CT molecular complexity index is 1690. The van der Waals surface area contributed by atoms with Gasteiger partial charge in [-0.1, -0.05) is 116 Å². The molecule has 0 fully saturated rings. The highest BCUT2D eigenvalue weighted by atomic mass is 32.2. The second kappa shape index (κ2) is 16.2. The van der Waals surface area contributed by atoms with Crippen molar-refractivity contribution in [2.75, 3.05) is 17.4 Å². The van der Waals surface area contributed by atoms with Gasteiger partial charge in [0, 0.05) is 19.5 Å². The van der Waals surface area contributed by atoms with Crippen LogP contribution >= 0.6 is 0 Å². The second-order valence-electron chi connectivity index (χ2n) is 11.7. The van der Waals surface area contributed by atoms with E-state index >= 15 is 0 Å². The smallest absolute Gasteiger partial charge is 0.264 e. The Morgan fingerprint density at radius 2 is 1.37 bits per heavy atom. The molecule has 0 aliphatic rings. The predicted molar refractivity (Wildman–Crippen MR) is 185 cm³/mol. The topological polar surface area (TPSA) is 86.8 Å². The van der Waals surface area contributed by atoms with Crippen LogP contribution in [-0.2, 0) is 39.0 Å². The Hall–Kier alpha value is -4.43. The van der Waals surface area contributed by atoms with Crippen molar-refractivity contribution in [1.82, 2.24) is 10.2 Å². The zero-order chi connectivity index (χ0) is 33.1. The van der Waals surface area contributed by atoms with Crippen LogP contribution in [0.1, 0.15) is 54.5 Å². The maximum atomic E-state index is 14.6. The molecule has 0 aliphatic heterocycles. The van der Waals surface area contributed by atoms with E-state index in [1.165, 1.54) is 4.31 Å². The van der Waals surface area contributed by atoms with Gasteiger partial charge in [0.05, 0.1) is 10.6 Å². The number of unbranched alkanes of at least 4 members (excludes halogenated alkanes) is 1. The summed E-state index contributed by atoms with van der Waals surface area (Å²) in [7, 11) is -4.15. The Kier molecular flexibility index (Phi) is 12.1. The van der Waals surface area contributed by atoms with Gasteiger partial charge in [-0.05, 0) is 61.6 Å². The molecular weight excluding hydrogens is 595 g/mol. The number of aryl methyl sites for hydroxylation is 3. The molecule has 0 saturated carbocycles. The molecule has 46 heavy (non-hydrogen) atoms. The summed E-state index contributed by atoms with van der Waals surface area (Å²) in [4.78, 5) is 30.2. The van der Waals surface area contributed by atoms with E-state index in [1.807, 2.05) is 87.5 Å². The quantitative estimate of drug-likeness (QED) is 0.148. The Balaban J connectivity index is 1.81. The number of carbonyl (C=O) groups is 2. The highest BCUT2D eigenvalue weighted by molar-refractivity contribution is 7.92. The highest BCUT2D eigenvalue weighted by Gasteiger charge is 2.35. The first-order valence-electron chi connectivity index (χ1n) is 16.0. The first-order chi connectivity index (χ1) is 22.1. The predicted octanol–water partition coefficient (Wildman–Crippen LogP) is 6.62. The number of rotatable bonds is 15. The fourth-order valence-corrected chi connectivity index (χ4v) is 6.81. The number of para-hydroxylation sites is 1. The fraction of sp³-hybridized carbons (Fsp3) is 0.316. The summed E-state index contributed by atoms with van der Waals surface area (Å²) < 4.78 is 29.8. The molecule has 0 spiro atoms. The summed E-state index contributed by atoms with van der Waals surface area (Å²) in [6, 6.07) is 30.5. The van der Waals surface area contributed by atoms with E-state index in [1.54, 1.807) is 41.3 Å². The molecule has 0 bridgehead atoms. The number of benzene rings is 4. The summed E-state index contributed by atoms with van der Waals surface area (Å²) >= 11 is 0. The molecule has 2 amide bonds. The van der Waals surface area contributed by atoms with Crippen molar-refractivity contribution >= 4 is 27.5 Å². The Morgan fingerprint density at radius 3 is 2.00 bits per heavy atom. The van der Waals surface area contributed by atoms with Crippen molar-refractivity contribution < 1.29 is 18.0 Å². The molecule has 1 atom stereocenters. The molecule has 242 valence electrons. The zero-order valence-corrected chi connectivity index (χ0v) is 28.1. The first kappa shape index (κ1) is 34.4. The highest BCUT2D eigenvalue weighted by Crippen LogP contribution is 2.29. The zero-order valence-electron chi connectivity index (χ0n) is 27.3. The molecule has 4 aromatic rings. The van der Waals surface area contributed by atoms with Gasteiger partial charge in [0.2, 0.25) is 11.8 Å². The van der Waals surface area contributed by atoms with Crippen molar-refractivity contribution in [2.24, 2.45) is 0 Å². The molecule has 0 saturated heterocycles. The van der Waals surface area contributed by atoms with Gasteiger partial charge in [0.1, 0.15) is 12.6 Å². The van der Waals surface area contributed by atoms with E-state index < -0.39 is 28.5 Å². The minimum atomic E-state index is -4.15. The van der Waals surface area contributed by atoms with E-state index in [0.717, 1.165) is 40.7 Å². The summed E-state index contributed by atoms with van der Waals surface area (Å²) in [5, 5.41) is 3.03. The average molecular weight is 640 g/mol. The number of sulfonamides is 1. The lowest BCUT2D eigenvalue weighted by Gasteiger charge is -2.34. The molecule has 4 rings (SSSR count). The lowest BCUT2D eigenvalue weighted by molar-refractivity contribution is -0.140. The molecule has 7 nitrogen and oxygen atoms in total. The second-order valence-corrected chi connectivity index (χ2v) is 13.5. The van der Waals surface area contributed by atoms with Crippen molar-refractivity contribution in [3.05, 3.63) is 131 Å². The molecular formula is C38H45N3O4S. The van der Waals surface area contributed by atoms with Gasteiger partial charge in [-0.3, -0.25) is 13.9 Å². The number of anilines is 1. The van der Waals surface area contributed by atoms with Crippen LogP contribution in [0.5, 0.6) is 0 Å². The SMILES string of the molecule is CCCCNC(=O)[C@@H](Cc1ccccc1)N(Cc1ccc(C)cc1)C(=O)CN(c1ccccc1CC)S(=O)(=O)c1ccc(C)cc1. The normalized spacial score (nSPS) is 11.9. The lowest BCUT2D eigenvalue weighted by Crippen LogP contribution is -2.53. The Labute approximate surface area is 274 Å². The van der Waals surface area contributed by atoms with Gasteiger partial charge in [0.15, 0.2) is 0 Å². The van der Waals surface area contributed by atoms with Crippen LogP contribution in [0.4, 0.5) is 5.69 Å². The summed E-state index contributed by atoms with van der Waals surface area (Å²) in [5.74, 6) is -0.728. The van der Waals surface area contributed by atoms with E-state index in [0.29, 0.717) is 18.7 Å². The monoisotopic (exact) mass is 639 g/mol. The lowest BCUT2D eigenvalue weighted by atomic mass is 10.0. The van der Waals surface area contributed by atoms with Gasteiger partial charge < -0.3 is 10.2 Å². The molecule has 4 aromatic carbocycles. The third-order valence-corrected chi connectivity index (χ3v) is 9.88. The maximum absolute atomic E-state index is 14.6. The van der Waals surface area contributed by atoms with Crippen molar-refractivity contribution in [3.63, 3.8) is 0 Å². The Morgan fingerprint density at radius 1 is 0.761 bits per heavy atom. The molecule has 1 N–H and O–H groups in total. The van der Waals surface area contributed by atoms with E-state index in [-0.39, 0.29) is 23.8 Å². The van der Waals surface area contributed by atoms with Crippen LogP contribution in [0.25, 0.3) is 0 Å². The number of hydrogen-bond acceptors (Lipinski definition) is 4. The molecule has 0 unspecified atom stereocenters. The van der Waals surface area contributed by atoms with Crippen LogP contribution in [0.15, 0.2) is 108 Å². The van der Waals surface area contributed by atoms with Crippen molar-refractivity contribution in [2.45, 2.75) is 70.9 Å². The van der Waals surface area contributed by atoms with Crippen LogP contribution in [0.3, 0.4) is 0 Å². The van der Waals surface area contributed by atoms with Gasteiger partial charge in [-0.2, -0.15) is 0 Å². The molecule has 0 radical (unpaired) electrons. The maximum Gasteiger partial charge on any atom is 0.264 e. The summed E-state index contributed by atoms with van der Waals surface area (Å²) in [5.41, 5.74) is 5.00. The number of hydrogen-bond donors (Lipinski definition) is 1. The van der Waals surface area contributed by atoms with Crippen LogP contribution in [-0.4, -0.2) is 44.3 Å². The van der Waals surface area contributed by atoms with Crippen molar-refractivity contribution in [1.29, 1.82) is 0 Å². The third-order valence-electron chi connectivity index (χ3n) is 8.10. The molecule has 8 heteroatoms. The van der Waals surface area contributed by atoms with Crippen LogP contribution < -0.4 is 9.62 Å². The minimum absolute atomic E-state index is 0.0973.